The first-order valence-corrected chi connectivity index (χ1v) is 9.59. The highest BCUT2D eigenvalue weighted by atomic mass is 32.1. The van der Waals surface area contributed by atoms with Crippen molar-refractivity contribution < 1.29 is 22.9 Å². The summed E-state index contributed by atoms with van der Waals surface area (Å²) in [7, 11) is 0. The van der Waals surface area contributed by atoms with Crippen molar-refractivity contribution in [1.82, 2.24) is 4.90 Å². The zero-order valence-corrected chi connectivity index (χ0v) is 15.6. The fourth-order valence-corrected chi connectivity index (χ4v) is 3.86. The van der Waals surface area contributed by atoms with Gasteiger partial charge in [0.15, 0.2) is 0 Å². The molecule has 1 aromatic heterocycles. The lowest BCUT2D eigenvalue weighted by atomic mass is 10.1. The van der Waals surface area contributed by atoms with Crippen molar-refractivity contribution in [1.29, 1.82) is 0 Å². The van der Waals surface area contributed by atoms with Gasteiger partial charge in [0.05, 0.1) is 10.5 Å². The van der Waals surface area contributed by atoms with Crippen molar-refractivity contribution in [2.45, 2.75) is 19.0 Å². The maximum Gasteiger partial charge on any atom is 0.416 e. The van der Waals surface area contributed by atoms with Crippen LogP contribution in [0.2, 0.25) is 0 Å². The Morgan fingerprint density at radius 3 is 2.46 bits per heavy atom. The molecule has 0 aliphatic carbocycles. The number of alkyl halides is 3. The Labute approximate surface area is 163 Å². The second kappa shape index (κ2) is 8.17. The van der Waals surface area contributed by atoms with Gasteiger partial charge >= 0.3 is 6.18 Å². The first-order chi connectivity index (χ1) is 13.3. The summed E-state index contributed by atoms with van der Waals surface area (Å²) in [6, 6.07) is 4.52. The Morgan fingerprint density at radius 2 is 1.89 bits per heavy atom. The molecule has 28 heavy (non-hydrogen) atoms. The van der Waals surface area contributed by atoms with Crippen molar-refractivity contribution in [3.8, 4) is 0 Å². The maximum absolute atomic E-state index is 12.8. The largest absolute Gasteiger partial charge is 0.416 e. The van der Waals surface area contributed by atoms with E-state index in [1.54, 1.807) is 21.1 Å². The molecule has 1 aliphatic rings. The summed E-state index contributed by atoms with van der Waals surface area (Å²) in [4.78, 5) is 26.2. The number of aryl methyl sites for hydroxylation is 1. The fraction of sp³-hybridized carbons (Fsp3) is 0.389. The minimum atomic E-state index is -4.64. The van der Waals surface area contributed by atoms with E-state index in [9.17, 15) is 28.1 Å². The number of rotatable bonds is 5. The van der Waals surface area contributed by atoms with Crippen molar-refractivity contribution in [3.63, 3.8) is 0 Å². The van der Waals surface area contributed by atoms with E-state index in [1.807, 2.05) is 16.8 Å². The molecule has 0 radical (unpaired) electrons. The van der Waals surface area contributed by atoms with Gasteiger partial charge in [-0.1, -0.05) is 0 Å². The average Bonchev–Trinajstić information content (AvgIpc) is 3.18. The van der Waals surface area contributed by atoms with Gasteiger partial charge < -0.3 is 9.80 Å². The molecule has 1 fully saturated rings. The van der Waals surface area contributed by atoms with Crippen LogP contribution < -0.4 is 4.90 Å². The van der Waals surface area contributed by atoms with Gasteiger partial charge in [0.25, 0.3) is 5.69 Å². The van der Waals surface area contributed by atoms with Gasteiger partial charge in [-0.3, -0.25) is 14.9 Å². The number of nitro benzene ring substituents is 1. The number of anilines is 1. The molecular formula is C18H18F3N3O3S. The van der Waals surface area contributed by atoms with E-state index in [4.69, 9.17) is 0 Å². The van der Waals surface area contributed by atoms with E-state index in [0.29, 0.717) is 45.1 Å². The summed E-state index contributed by atoms with van der Waals surface area (Å²) in [6.07, 6.45) is -3.60. The van der Waals surface area contributed by atoms with Crippen LogP contribution in [0.1, 0.15) is 17.5 Å². The Balaban J connectivity index is 1.64. The summed E-state index contributed by atoms with van der Waals surface area (Å²) >= 11 is 1.57. The Kier molecular flexibility index (Phi) is 5.87. The number of amides is 1. The van der Waals surface area contributed by atoms with Crippen LogP contribution >= 0.6 is 11.3 Å². The molecule has 1 amide bonds. The highest BCUT2D eigenvalue weighted by Crippen LogP contribution is 2.36. The number of benzene rings is 1. The molecule has 2 heterocycles. The van der Waals surface area contributed by atoms with Crippen LogP contribution in [0, 0.1) is 10.1 Å². The Hall–Kier alpha value is -2.62. The number of piperazine rings is 1. The molecule has 1 aromatic carbocycles. The maximum atomic E-state index is 12.8. The second-order valence-corrected chi connectivity index (χ2v) is 7.24. The van der Waals surface area contributed by atoms with Crippen LogP contribution in [0.3, 0.4) is 0 Å². The van der Waals surface area contributed by atoms with Crippen LogP contribution in [0.25, 0.3) is 0 Å². The molecule has 2 aromatic rings. The highest BCUT2D eigenvalue weighted by molar-refractivity contribution is 7.07. The third kappa shape index (κ3) is 4.61. The zero-order chi connectivity index (χ0) is 20.3. The zero-order valence-electron chi connectivity index (χ0n) is 14.8. The van der Waals surface area contributed by atoms with Crippen LogP contribution in [0.4, 0.5) is 24.5 Å². The lowest BCUT2D eigenvalue weighted by Gasteiger charge is -2.36. The second-order valence-electron chi connectivity index (χ2n) is 6.46. The van der Waals surface area contributed by atoms with E-state index in [-0.39, 0.29) is 11.6 Å². The standard InChI is InChI=1S/C18H18F3N3O3S/c19-18(20,21)14-2-3-15(16(11-14)24(26)27)22-6-8-23(9-7-22)17(25)4-1-13-5-10-28-12-13/h2-3,5,10-12H,1,4,6-9H2. The number of hydrogen-bond acceptors (Lipinski definition) is 5. The van der Waals surface area contributed by atoms with Gasteiger partial charge in [-0.05, 0) is 40.9 Å². The fourth-order valence-electron chi connectivity index (χ4n) is 3.15. The van der Waals surface area contributed by atoms with Crippen molar-refractivity contribution in [2.75, 3.05) is 31.1 Å². The minimum absolute atomic E-state index is 0.00719. The summed E-state index contributed by atoms with van der Waals surface area (Å²) in [5, 5.41) is 15.2. The number of hydrogen-bond donors (Lipinski definition) is 0. The van der Waals surface area contributed by atoms with Gasteiger partial charge in [0.1, 0.15) is 5.69 Å². The lowest BCUT2D eigenvalue weighted by Crippen LogP contribution is -2.49. The summed E-state index contributed by atoms with van der Waals surface area (Å²) in [5.41, 5.74) is -0.377. The van der Waals surface area contributed by atoms with Gasteiger partial charge in [-0.2, -0.15) is 24.5 Å². The topological polar surface area (TPSA) is 66.7 Å². The quantitative estimate of drug-likeness (QED) is 0.550. The number of carbonyl (C=O) groups is 1. The molecule has 0 saturated carbocycles. The summed E-state index contributed by atoms with van der Waals surface area (Å²) in [6.45, 7) is 1.41. The van der Waals surface area contributed by atoms with Crippen molar-refractivity contribution in [3.05, 3.63) is 56.3 Å². The molecule has 0 spiro atoms. The first-order valence-electron chi connectivity index (χ1n) is 8.65. The van der Waals surface area contributed by atoms with Crippen LogP contribution in [0.5, 0.6) is 0 Å². The predicted molar refractivity (Wildman–Crippen MR) is 99.5 cm³/mol. The first kappa shape index (κ1) is 20.1. The number of carbonyl (C=O) groups excluding carboxylic acids is 1. The molecule has 3 rings (SSSR count). The van der Waals surface area contributed by atoms with E-state index in [2.05, 4.69) is 0 Å². The molecule has 1 aliphatic heterocycles. The molecule has 0 atom stereocenters. The van der Waals surface area contributed by atoms with Crippen molar-refractivity contribution >= 4 is 28.6 Å². The smallest absolute Gasteiger partial charge is 0.362 e. The number of halogens is 3. The molecule has 150 valence electrons. The van der Waals surface area contributed by atoms with E-state index in [0.717, 1.165) is 17.7 Å². The Bertz CT molecular complexity index is 848. The van der Waals surface area contributed by atoms with Crippen LogP contribution in [0.15, 0.2) is 35.0 Å². The highest BCUT2D eigenvalue weighted by Gasteiger charge is 2.34. The summed E-state index contributed by atoms with van der Waals surface area (Å²) < 4.78 is 38.5. The molecule has 0 bridgehead atoms. The Morgan fingerprint density at radius 1 is 1.18 bits per heavy atom. The SMILES string of the molecule is O=C(CCc1ccsc1)N1CCN(c2ccc(C(F)(F)F)cc2[N+](=O)[O-])CC1. The van der Waals surface area contributed by atoms with E-state index in [1.165, 1.54) is 0 Å². The number of thiophene rings is 1. The normalized spacial score (nSPS) is 15.0. The monoisotopic (exact) mass is 413 g/mol. The van der Waals surface area contributed by atoms with Gasteiger partial charge in [0, 0.05) is 38.7 Å². The molecule has 10 heteroatoms. The van der Waals surface area contributed by atoms with Gasteiger partial charge in [-0.25, -0.2) is 0 Å². The van der Waals surface area contributed by atoms with Gasteiger partial charge in [0.2, 0.25) is 5.91 Å². The van der Waals surface area contributed by atoms with Crippen molar-refractivity contribution in [2.24, 2.45) is 0 Å². The van der Waals surface area contributed by atoms with E-state index < -0.39 is 22.4 Å². The van der Waals surface area contributed by atoms with Crippen LogP contribution in [-0.4, -0.2) is 41.9 Å². The molecular weight excluding hydrogens is 395 g/mol. The summed E-state index contributed by atoms with van der Waals surface area (Å²) in [5.74, 6) is 0.00719. The number of nitro groups is 1. The van der Waals surface area contributed by atoms with Crippen LogP contribution in [-0.2, 0) is 17.4 Å². The minimum Gasteiger partial charge on any atom is -0.362 e. The lowest BCUT2D eigenvalue weighted by molar-refractivity contribution is -0.384. The third-order valence-corrected chi connectivity index (χ3v) is 5.41. The molecule has 6 nitrogen and oxygen atoms in total. The predicted octanol–water partition coefficient (Wildman–Crippen LogP) is 3.96. The molecule has 0 N–H and O–H groups in total. The number of nitrogens with zero attached hydrogens (tertiary/aromatic N) is 3. The third-order valence-electron chi connectivity index (χ3n) is 4.68. The van der Waals surface area contributed by atoms with E-state index >= 15 is 0 Å². The molecule has 0 unspecified atom stereocenters. The van der Waals surface area contributed by atoms with Gasteiger partial charge in [-0.15, -0.1) is 0 Å². The average molecular weight is 413 g/mol. The molecule has 1 saturated heterocycles.